The van der Waals surface area contributed by atoms with Crippen molar-refractivity contribution in [3.05, 3.63) is 208 Å². The van der Waals surface area contributed by atoms with Crippen LogP contribution in [0.15, 0.2) is 178 Å². The third-order valence-electron chi connectivity index (χ3n) is 20.6. The average Bonchev–Trinajstić information content (AvgIpc) is 1.35. The van der Waals surface area contributed by atoms with E-state index in [4.69, 9.17) is 4.42 Å². The normalized spacial score (nSPS) is 20.4. The lowest BCUT2D eigenvalue weighted by molar-refractivity contribution is 0.282. The molecule has 3 aliphatic heterocycles. The summed E-state index contributed by atoms with van der Waals surface area (Å²) in [6.45, 7) is 37.9. The van der Waals surface area contributed by atoms with Crippen molar-refractivity contribution in [2.75, 3.05) is 14.7 Å². The van der Waals surface area contributed by atoms with Gasteiger partial charge >= 0.3 is 0 Å². The zero-order chi connectivity index (χ0) is 59.0. The van der Waals surface area contributed by atoms with E-state index in [0.717, 1.165) is 60.6 Å². The first-order valence-corrected chi connectivity index (χ1v) is 32.2. The highest BCUT2D eigenvalue weighted by Crippen LogP contribution is 2.64. The zero-order valence-corrected chi connectivity index (χ0v) is 53.8. The van der Waals surface area contributed by atoms with Gasteiger partial charge in [-0.1, -0.05) is 214 Å². The number of allylic oxidation sites excluding steroid dienone is 6. The highest BCUT2D eigenvalue weighted by Gasteiger charge is 2.55. The van der Waals surface area contributed by atoms with Gasteiger partial charge in [-0.15, -0.1) is 11.8 Å². The van der Waals surface area contributed by atoms with Gasteiger partial charge in [0.2, 0.25) is 0 Å². The van der Waals surface area contributed by atoms with Crippen molar-refractivity contribution in [1.82, 2.24) is 0 Å². The second-order valence-electron chi connectivity index (χ2n) is 31.3. The molecule has 0 fully saturated rings. The van der Waals surface area contributed by atoms with Crippen LogP contribution in [0.1, 0.15) is 176 Å². The van der Waals surface area contributed by atoms with E-state index in [9.17, 15) is 0 Å². The van der Waals surface area contributed by atoms with Crippen molar-refractivity contribution in [3.63, 3.8) is 0 Å². The Hall–Kier alpha value is -6.63. The molecule has 4 aliphatic carbocycles. The average molecular weight is 1120 g/mol. The maximum atomic E-state index is 7.95. The van der Waals surface area contributed by atoms with Gasteiger partial charge in [0, 0.05) is 55.7 Å². The molecule has 6 heteroatoms. The Labute approximate surface area is 507 Å². The SMILES string of the molecule is CC(C)(C)c1ccc(N(C2=CCC(C(C)(C)C)C=C2)c2cc3c4c(c2)N(c2ccc(C(C)(C)C)cc2)c2c(oc5c2C(C)(C)CCC5(C)C)B4c2cc4c(cc2N3C2=CCC(C(C)(C)C)C=C2)SC2(C4)c3ccccc3-c3ccccc32)cc1. The first-order valence-electron chi connectivity index (χ1n) is 31.4. The highest BCUT2D eigenvalue weighted by atomic mass is 32.2. The number of thioether (sulfide) groups is 1. The van der Waals surface area contributed by atoms with Crippen molar-refractivity contribution < 1.29 is 4.42 Å². The fourth-order valence-electron chi connectivity index (χ4n) is 15.3. The van der Waals surface area contributed by atoms with Gasteiger partial charge in [-0.25, -0.2) is 0 Å². The minimum absolute atomic E-state index is 0.00882. The number of anilines is 7. The molecule has 7 aliphatic rings. The Morgan fingerprint density at radius 2 is 1.14 bits per heavy atom. The van der Waals surface area contributed by atoms with Gasteiger partial charge in [0.15, 0.2) is 0 Å². The summed E-state index contributed by atoms with van der Waals surface area (Å²) >= 11 is 2.08. The van der Waals surface area contributed by atoms with Crippen LogP contribution >= 0.6 is 11.8 Å². The quantitative estimate of drug-likeness (QED) is 0.160. The van der Waals surface area contributed by atoms with E-state index in [0.29, 0.717) is 11.8 Å². The smallest absolute Gasteiger partial charge is 0.297 e. The summed E-state index contributed by atoms with van der Waals surface area (Å²) < 4.78 is 7.71. The van der Waals surface area contributed by atoms with Crippen LogP contribution in [0.2, 0.25) is 0 Å². The Bertz CT molecular complexity index is 3940. The molecule has 4 nitrogen and oxygen atoms in total. The van der Waals surface area contributed by atoms with Gasteiger partial charge in [0.05, 0.1) is 21.8 Å². The van der Waals surface area contributed by atoms with E-state index in [1.165, 1.54) is 94.5 Å². The van der Waals surface area contributed by atoms with Gasteiger partial charge in [-0.3, -0.25) is 0 Å². The fraction of sp³-hybridized carbons (Fsp3) is 0.385. The molecular formula is C78H86BN3OS. The van der Waals surface area contributed by atoms with Crippen LogP contribution < -0.4 is 31.3 Å². The molecule has 0 amide bonds. The number of hydrogen-bond donors (Lipinski definition) is 0. The predicted molar refractivity (Wildman–Crippen MR) is 360 cm³/mol. The summed E-state index contributed by atoms with van der Waals surface area (Å²) in [6, 6.07) is 47.9. The van der Waals surface area contributed by atoms with Crippen LogP contribution in [0.5, 0.6) is 0 Å². The van der Waals surface area contributed by atoms with E-state index in [2.05, 4.69) is 295 Å². The van der Waals surface area contributed by atoms with Gasteiger partial charge in [0.25, 0.3) is 6.71 Å². The Kier molecular flexibility index (Phi) is 12.3. The lowest BCUT2D eigenvalue weighted by Crippen LogP contribution is -2.61. The van der Waals surface area contributed by atoms with Crippen molar-refractivity contribution >= 4 is 74.9 Å². The number of benzene rings is 6. The molecule has 0 bridgehead atoms. The molecule has 14 rings (SSSR count). The summed E-state index contributed by atoms with van der Waals surface area (Å²) in [5.74, 6) is 1.99. The molecule has 0 N–H and O–H groups in total. The summed E-state index contributed by atoms with van der Waals surface area (Å²) in [6.07, 6.45) is 19.9. The standard InChI is InChI=1S/C78H86BN3OS/c1-72(2,3)49-25-33-53(34-26-49)80(54-35-27-50(28-36-54)73(4,5)6)57-44-64-68-65(45-57)82(56-39-31-52(32-40-56)75(10,11)12)69-67-70(77(15,16)42-41-76(67,13)14)83-71(69)79(68)62-43-48-47-78(60-23-19-17-21-58(60)59-22-18-20-24-61(59)78)84-66(48)46-63(62)81(64)55-37-29-51(30-38-55)74(7,8)9/h17-27,29,31-40,43-46,50-51H,28,30,41-42,47H2,1-16H3. The summed E-state index contributed by atoms with van der Waals surface area (Å²) in [5, 5.41) is 0. The minimum Gasteiger partial charge on any atom is -0.472 e. The molecule has 4 heterocycles. The fourth-order valence-corrected chi connectivity index (χ4v) is 16.9. The summed E-state index contributed by atoms with van der Waals surface area (Å²) in [4.78, 5) is 9.30. The minimum atomic E-state index is -0.235. The number of nitrogens with zero attached hydrogens (tertiary/aromatic N) is 3. The Morgan fingerprint density at radius 1 is 0.583 bits per heavy atom. The van der Waals surface area contributed by atoms with Gasteiger partial charge in [-0.2, -0.15) is 0 Å². The molecule has 7 aromatic rings. The summed E-state index contributed by atoms with van der Waals surface area (Å²) in [7, 11) is 0. The maximum Gasteiger partial charge on any atom is 0.297 e. The van der Waals surface area contributed by atoms with Gasteiger partial charge in [-0.05, 0) is 176 Å². The molecule has 6 aromatic carbocycles. The molecule has 1 spiro atoms. The molecule has 2 atom stereocenters. The van der Waals surface area contributed by atoms with Crippen molar-refractivity contribution in [1.29, 1.82) is 0 Å². The van der Waals surface area contributed by atoms with Crippen LogP contribution in [0.25, 0.3) is 11.1 Å². The largest absolute Gasteiger partial charge is 0.472 e. The molecule has 84 heavy (non-hydrogen) atoms. The third-order valence-corrected chi connectivity index (χ3v) is 22.1. The monoisotopic (exact) mass is 1120 g/mol. The van der Waals surface area contributed by atoms with Crippen molar-refractivity contribution in [2.24, 2.45) is 22.7 Å². The van der Waals surface area contributed by atoms with E-state index in [-0.39, 0.29) is 43.9 Å². The predicted octanol–water partition coefficient (Wildman–Crippen LogP) is 19.7. The number of rotatable bonds is 5. The van der Waals surface area contributed by atoms with E-state index >= 15 is 0 Å². The zero-order valence-electron chi connectivity index (χ0n) is 52.9. The second-order valence-corrected chi connectivity index (χ2v) is 32.7. The van der Waals surface area contributed by atoms with Crippen molar-refractivity contribution in [2.45, 2.75) is 174 Å². The van der Waals surface area contributed by atoms with Gasteiger partial charge < -0.3 is 19.1 Å². The van der Waals surface area contributed by atoms with E-state index in [1.54, 1.807) is 0 Å². The van der Waals surface area contributed by atoms with Crippen LogP contribution in [0.3, 0.4) is 0 Å². The second kappa shape index (κ2) is 18.7. The molecule has 0 radical (unpaired) electrons. The van der Waals surface area contributed by atoms with E-state index < -0.39 is 0 Å². The molecule has 1 aromatic heterocycles. The molecule has 2 unspecified atom stereocenters. The summed E-state index contributed by atoms with van der Waals surface area (Å²) in [5.41, 5.74) is 25.4. The van der Waals surface area contributed by atoms with Crippen LogP contribution in [-0.2, 0) is 32.8 Å². The highest BCUT2D eigenvalue weighted by molar-refractivity contribution is 8.00. The Morgan fingerprint density at radius 3 is 1.70 bits per heavy atom. The third kappa shape index (κ3) is 8.59. The maximum absolute atomic E-state index is 7.95. The first kappa shape index (κ1) is 55.3. The topological polar surface area (TPSA) is 22.9 Å². The number of fused-ring (bicyclic) bond motifs is 12. The number of hydrogen-bond acceptors (Lipinski definition) is 5. The lowest BCUT2D eigenvalue weighted by atomic mass is 9.35. The van der Waals surface area contributed by atoms with Crippen LogP contribution in [-0.4, -0.2) is 6.71 Å². The molecular weight excluding hydrogens is 1040 g/mol. The first-order chi connectivity index (χ1) is 39.6. The molecule has 0 saturated carbocycles. The number of furan rings is 1. The van der Waals surface area contributed by atoms with Gasteiger partial charge in [0.1, 0.15) is 5.76 Å². The van der Waals surface area contributed by atoms with Crippen LogP contribution in [0, 0.1) is 22.7 Å². The Balaban J connectivity index is 1.09. The lowest BCUT2D eigenvalue weighted by Gasteiger charge is -2.45. The van der Waals surface area contributed by atoms with Crippen molar-refractivity contribution in [3.8, 4) is 11.1 Å². The molecule has 0 saturated heterocycles. The molecule has 428 valence electrons. The van der Waals surface area contributed by atoms with Crippen LogP contribution in [0.4, 0.5) is 39.8 Å². The van der Waals surface area contributed by atoms with E-state index in [1.807, 2.05) is 0 Å².